The van der Waals surface area contributed by atoms with Gasteiger partial charge in [-0.05, 0) is 84.2 Å². The standard InChI is InChI=1S/C14H29N3/c1-15-14(11-12-3-7-16-8-4-12)13-5-9-17(2)10-6-13/h12-16H,3-11H2,1-2H3. The highest BCUT2D eigenvalue weighted by Gasteiger charge is 2.27. The Bertz CT molecular complexity index is 206. The number of hydrogen-bond donors (Lipinski definition) is 2. The highest BCUT2D eigenvalue weighted by Crippen LogP contribution is 2.26. The summed E-state index contributed by atoms with van der Waals surface area (Å²) in [5, 5.41) is 7.06. The highest BCUT2D eigenvalue weighted by molar-refractivity contribution is 4.83. The lowest BCUT2D eigenvalue weighted by atomic mass is 9.82. The van der Waals surface area contributed by atoms with Crippen LogP contribution in [0.1, 0.15) is 32.1 Å². The van der Waals surface area contributed by atoms with E-state index in [9.17, 15) is 0 Å². The second kappa shape index (κ2) is 6.72. The van der Waals surface area contributed by atoms with Gasteiger partial charge in [0.1, 0.15) is 0 Å². The van der Waals surface area contributed by atoms with E-state index in [2.05, 4.69) is 29.6 Å². The van der Waals surface area contributed by atoms with Crippen LogP contribution in [0, 0.1) is 11.8 Å². The Hall–Kier alpha value is -0.120. The van der Waals surface area contributed by atoms with E-state index >= 15 is 0 Å². The molecule has 1 unspecified atom stereocenters. The monoisotopic (exact) mass is 239 g/mol. The van der Waals surface area contributed by atoms with Crippen molar-refractivity contribution in [3.63, 3.8) is 0 Å². The van der Waals surface area contributed by atoms with Gasteiger partial charge in [0.2, 0.25) is 0 Å². The van der Waals surface area contributed by atoms with Gasteiger partial charge >= 0.3 is 0 Å². The number of hydrogen-bond acceptors (Lipinski definition) is 3. The minimum Gasteiger partial charge on any atom is -0.317 e. The lowest BCUT2D eigenvalue weighted by Crippen LogP contribution is -2.43. The van der Waals surface area contributed by atoms with Crippen LogP contribution in [-0.4, -0.2) is 51.2 Å². The first-order valence-electron chi connectivity index (χ1n) is 7.36. The predicted molar refractivity (Wildman–Crippen MR) is 73.3 cm³/mol. The fraction of sp³-hybridized carbons (Fsp3) is 1.00. The van der Waals surface area contributed by atoms with Crippen LogP contribution in [0.3, 0.4) is 0 Å². The van der Waals surface area contributed by atoms with Crippen molar-refractivity contribution in [2.75, 3.05) is 40.3 Å². The summed E-state index contributed by atoms with van der Waals surface area (Å²) in [6.45, 7) is 5.03. The SMILES string of the molecule is CNC(CC1CCNCC1)C1CCN(C)CC1. The topological polar surface area (TPSA) is 27.3 Å². The molecule has 2 rings (SSSR count). The van der Waals surface area contributed by atoms with E-state index < -0.39 is 0 Å². The van der Waals surface area contributed by atoms with Gasteiger partial charge in [0.25, 0.3) is 0 Å². The molecule has 0 aromatic carbocycles. The van der Waals surface area contributed by atoms with Gasteiger partial charge in [-0.3, -0.25) is 0 Å². The van der Waals surface area contributed by atoms with E-state index in [0.29, 0.717) is 0 Å². The van der Waals surface area contributed by atoms with Gasteiger partial charge in [0, 0.05) is 6.04 Å². The van der Waals surface area contributed by atoms with Crippen molar-refractivity contribution in [1.29, 1.82) is 0 Å². The van der Waals surface area contributed by atoms with Crippen LogP contribution in [-0.2, 0) is 0 Å². The molecule has 0 saturated carbocycles. The lowest BCUT2D eigenvalue weighted by Gasteiger charge is -2.36. The van der Waals surface area contributed by atoms with Gasteiger partial charge in [-0.15, -0.1) is 0 Å². The minimum atomic E-state index is 0.756. The summed E-state index contributed by atoms with van der Waals surface area (Å²) < 4.78 is 0. The van der Waals surface area contributed by atoms with Crippen molar-refractivity contribution in [2.24, 2.45) is 11.8 Å². The number of nitrogens with zero attached hydrogens (tertiary/aromatic N) is 1. The van der Waals surface area contributed by atoms with Crippen molar-refractivity contribution in [3.8, 4) is 0 Å². The van der Waals surface area contributed by atoms with Gasteiger partial charge in [-0.25, -0.2) is 0 Å². The molecule has 0 spiro atoms. The van der Waals surface area contributed by atoms with Gasteiger partial charge in [-0.1, -0.05) is 0 Å². The molecule has 0 amide bonds. The molecule has 3 heteroatoms. The molecular weight excluding hydrogens is 210 g/mol. The molecular formula is C14H29N3. The second-order valence-corrected chi connectivity index (χ2v) is 5.96. The third-order valence-electron chi connectivity index (χ3n) is 4.75. The van der Waals surface area contributed by atoms with E-state index in [4.69, 9.17) is 0 Å². The first kappa shape index (κ1) is 13.3. The Morgan fingerprint density at radius 2 is 1.82 bits per heavy atom. The molecule has 0 aromatic heterocycles. The highest BCUT2D eigenvalue weighted by atomic mass is 15.1. The van der Waals surface area contributed by atoms with Crippen LogP contribution < -0.4 is 10.6 Å². The van der Waals surface area contributed by atoms with Crippen LogP contribution >= 0.6 is 0 Å². The molecule has 2 aliphatic heterocycles. The van der Waals surface area contributed by atoms with Crippen molar-refractivity contribution >= 4 is 0 Å². The van der Waals surface area contributed by atoms with E-state index in [1.165, 1.54) is 58.3 Å². The Balaban J connectivity index is 1.78. The van der Waals surface area contributed by atoms with Gasteiger partial charge in [-0.2, -0.15) is 0 Å². The minimum absolute atomic E-state index is 0.756. The van der Waals surface area contributed by atoms with Crippen molar-refractivity contribution in [3.05, 3.63) is 0 Å². The molecule has 2 N–H and O–H groups in total. The molecule has 2 heterocycles. The first-order chi connectivity index (χ1) is 8.29. The summed E-state index contributed by atoms with van der Waals surface area (Å²) in [4.78, 5) is 2.47. The zero-order valence-electron chi connectivity index (χ0n) is 11.5. The Kier molecular flexibility index (Phi) is 5.26. The smallest absolute Gasteiger partial charge is 0.00959 e. The van der Waals surface area contributed by atoms with Crippen molar-refractivity contribution < 1.29 is 0 Å². The molecule has 1 atom stereocenters. The maximum absolute atomic E-state index is 3.59. The Morgan fingerprint density at radius 1 is 1.18 bits per heavy atom. The number of nitrogens with one attached hydrogen (secondary N) is 2. The van der Waals surface area contributed by atoms with E-state index in [1.807, 2.05) is 0 Å². The molecule has 2 aliphatic rings. The molecule has 0 aromatic rings. The first-order valence-corrected chi connectivity index (χ1v) is 7.36. The van der Waals surface area contributed by atoms with Crippen molar-refractivity contribution in [1.82, 2.24) is 15.5 Å². The zero-order chi connectivity index (χ0) is 12.1. The van der Waals surface area contributed by atoms with Crippen LogP contribution in [0.15, 0.2) is 0 Å². The molecule has 2 saturated heterocycles. The summed E-state index contributed by atoms with van der Waals surface area (Å²) in [5.74, 6) is 1.86. The number of likely N-dealkylation sites (tertiary alicyclic amines) is 1. The maximum atomic E-state index is 3.59. The molecule has 0 bridgehead atoms. The van der Waals surface area contributed by atoms with Gasteiger partial charge < -0.3 is 15.5 Å². The van der Waals surface area contributed by atoms with E-state index in [-0.39, 0.29) is 0 Å². The average molecular weight is 239 g/mol. The fourth-order valence-electron chi connectivity index (χ4n) is 3.45. The molecule has 17 heavy (non-hydrogen) atoms. The Labute approximate surface area is 106 Å². The quantitative estimate of drug-likeness (QED) is 0.774. The molecule has 0 radical (unpaired) electrons. The summed E-state index contributed by atoms with van der Waals surface area (Å²) in [6.07, 6.45) is 6.92. The predicted octanol–water partition coefficient (Wildman–Crippen LogP) is 1.31. The van der Waals surface area contributed by atoms with Crippen LogP contribution in [0.25, 0.3) is 0 Å². The summed E-state index contributed by atoms with van der Waals surface area (Å²) in [6, 6.07) is 0.756. The lowest BCUT2D eigenvalue weighted by molar-refractivity contribution is 0.168. The van der Waals surface area contributed by atoms with Crippen LogP contribution in [0.5, 0.6) is 0 Å². The van der Waals surface area contributed by atoms with Crippen LogP contribution in [0.2, 0.25) is 0 Å². The van der Waals surface area contributed by atoms with Crippen LogP contribution in [0.4, 0.5) is 0 Å². The molecule has 100 valence electrons. The average Bonchev–Trinajstić information content (AvgIpc) is 2.38. The van der Waals surface area contributed by atoms with Gasteiger partial charge in [0.05, 0.1) is 0 Å². The zero-order valence-corrected chi connectivity index (χ0v) is 11.5. The number of rotatable bonds is 4. The molecule has 3 nitrogen and oxygen atoms in total. The molecule has 2 fully saturated rings. The second-order valence-electron chi connectivity index (χ2n) is 5.96. The number of piperidine rings is 2. The molecule has 0 aliphatic carbocycles. The third kappa shape index (κ3) is 3.94. The third-order valence-corrected chi connectivity index (χ3v) is 4.75. The summed E-state index contributed by atoms with van der Waals surface area (Å²) >= 11 is 0. The van der Waals surface area contributed by atoms with Crippen molar-refractivity contribution in [2.45, 2.75) is 38.1 Å². The fourth-order valence-corrected chi connectivity index (χ4v) is 3.45. The normalized spacial score (nSPS) is 27.2. The summed E-state index contributed by atoms with van der Waals surface area (Å²) in [7, 11) is 4.40. The Morgan fingerprint density at radius 3 is 2.41 bits per heavy atom. The summed E-state index contributed by atoms with van der Waals surface area (Å²) in [5.41, 5.74) is 0. The maximum Gasteiger partial charge on any atom is 0.00959 e. The van der Waals surface area contributed by atoms with E-state index in [1.54, 1.807) is 0 Å². The van der Waals surface area contributed by atoms with Gasteiger partial charge in [0.15, 0.2) is 0 Å². The van der Waals surface area contributed by atoms with E-state index in [0.717, 1.165) is 17.9 Å². The largest absolute Gasteiger partial charge is 0.317 e.